The molecule has 2 atom stereocenters. The summed E-state index contributed by atoms with van der Waals surface area (Å²) in [5, 5.41) is 0.985. The summed E-state index contributed by atoms with van der Waals surface area (Å²) in [4.78, 5) is 24.4. The van der Waals surface area contributed by atoms with Crippen LogP contribution in [0.4, 0.5) is 5.13 Å². The first-order valence-electron chi connectivity index (χ1n) is 11.7. The first-order valence-corrected chi connectivity index (χ1v) is 14.4. The third kappa shape index (κ3) is 5.39. The lowest BCUT2D eigenvalue weighted by Gasteiger charge is -2.34. The number of para-hydroxylation sites is 1. The summed E-state index contributed by atoms with van der Waals surface area (Å²) in [6.45, 7) is 4.47. The molecule has 2 unspecified atom stereocenters. The largest absolute Gasteiger partial charge is 0.373 e. The fourth-order valence-electron chi connectivity index (χ4n) is 4.30. The lowest BCUT2D eigenvalue weighted by atomic mass is 10.2. The third-order valence-corrected chi connectivity index (χ3v) is 9.20. The predicted octanol–water partition coefficient (Wildman–Crippen LogP) is 4.99. The van der Waals surface area contributed by atoms with Crippen LogP contribution in [0, 0.1) is 0 Å². The van der Waals surface area contributed by atoms with Crippen LogP contribution in [0.2, 0.25) is 5.02 Å². The standard InChI is InChI=1S/C26H25ClN4O4S2/c1-17-14-30(15-18(2)35-17)37(33,34)21-11-9-19(10-12-21)25(32)31(16-20-6-3-4-13-28-20)26-29-24-22(27)7-5-8-23(24)36-26/h3-13,17-18H,14-16H2,1-2H3. The number of fused-ring (bicyclic) bond motifs is 1. The number of thiazole rings is 1. The van der Waals surface area contributed by atoms with Crippen molar-refractivity contribution in [2.24, 2.45) is 0 Å². The molecule has 1 aliphatic rings. The van der Waals surface area contributed by atoms with E-state index in [0.717, 1.165) is 4.70 Å². The van der Waals surface area contributed by atoms with Gasteiger partial charge in [0.2, 0.25) is 10.0 Å². The average molecular weight is 557 g/mol. The SMILES string of the molecule is CC1CN(S(=O)(=O)c2ccc(C(=O)N(Cc3ccccn3)c3nc4c(Cl)cccc4s3)cc2)CC(C)O1. The number of ether oxygens (including phenoxy) is 1. The minimum atomic E-state index is -3.72. The van der Waals surface area contributed by atoms with E-state index in [1.807, 2.05) is 44.2 Å². The number of carbonyl (C=O) groups excluding carboxylic acids is 1. The molecule has 1 amide bonds. The molecule has 0 aliphatic carbocycles. The molecule has 0 radical (unpaired) electrons. The molecule has 0 saturated carbocycles. The number of anilines is 1. The molecule has 0 bridgehead atoms. The number of amides is 1. The van der Waals surface area contributed by atoms with Gasteiger partial charge in [-0.15, -0.1) is 0 Å². The number of carbonyl (C=O) groups is 1. The number of pyridine rings is 1. The van der Waals surface area contributed by atoms with Gasteiger partial charge in [-0.05, 0) is 62.4 Å². The number of aromatic nitrogens is 2. The van der Waals surface area contributed by atoms with Gasteiger partial charge in [0.05, 0.1) is 39.1 Å². The molecule has 0 N–H and O–H groups in total. The summed E-state index contributed by atoms with van der Waals surface area (Å²) >= 11 is 7.69. The minimum absolute atomic E-state index is 0.133. The Morgan fingerprint density at radius 3 is 2.46 bits per heavy atom. The van der Waals surface area contributed by atoms with E-state index in [-0.39, 0.29) is 42.6 Å². The smallest absolute Gasteiger partial charge is 0.260 e. The Morgan fingerprint density at radius 2 is 1.81 bits per heavy atom. The van der Waals surface area contributed by atoms with Gasteiger partial charge in [0.1, 0.15) is 5.52 Å². The van der Waals surface area contributed by atoms with Crippen molar-refractivity contribution in [2.75, 3.05) is 18.0 Å². The maximum Gasteiger partial charge on any atom is 0.260 e. The molecule has 11 heteroatoms. The van der Waals surface area contributed by atoms with E-state index >= 15 is 0 Å². The van der Waals surface area contributed by atoms with Crippen molar-refractivity contribution in [3.63, 3.8) is 0 Å². The molecule has 4 aromatic rings. The van der Waals surface area contributed by atoms with Crippen LogP contribution in [0.5, 0.6) is 0 Å². The molecule has 1 fully saturated rings. The quantitative estimate of drug-likeness (QED) is 0.332. The van der Waals surface area contributed by atoms with E-state index in [9.17, 15) is 13.2 Å². The van der Waals surface area contributed by atoms with E-state index in [0.29, 0.717) is 26.9 Å². The molecule has 1 aliphatic heterocycles. The Hall–Kier alpha value is -2.89. The number of halogens is 1. The van der Waals surface area contributed by atoms with Crippen LogP contribution in [0.3, 0.4) is 0 Å². The Balaban J connectivity index is 1.46. The summed E-state index contributed by atoms with van der Waals surface area (Å²) in [7, 11) is -3.72. The molecule has 5 rings (SSSR count). The Bertz CT molecular complexity index is 1520. The average Bonchev–Trinajstić information content (AvgIpc) is 3.32. The molecule has 192 valence electrons. The van der Waals surface area contributed by atoms with Gasteiger partial charge in [0.15, 0.2) is 5.13 Å². The van der Waals surface area contributed by atoms with Crippen molar-refractivity contribution in [1.29, 1.82) is 0 Å². The number of hydrogen-bond donors (Lipinski definition) is 0. The summed E-state index contributed by atoms with van der Waals surface area (Å²) in [6.07, 6.45) is 1.28. The first-order chi connectivity index (χ1) is 17.7. The van der Waals surface area contributed by atoms with Crippen LogP contribution < -0.4 is 4.90 Å². The van der Waals surface area contributed by atoms with Crippen LogP contribution in [0.1, 0.15) is 29.9 Å². The molecule has 8 nitrogen and oxygen atoms in total. The fourth-order valence-corrected chi connectivity index (χ4v) is 7.15. The van der Waals surface area contributed by atoms with Crippen LogP contribution in [0.15, 0.2) is 71.8 Å². The molecule has 0 spiro atoms. The second kappa shape index (κ2) is 10.5. The van der Waals surface area contributed by atoms with Gasteiger partial charge in [-0.2, -0.15) is 4.31 Å². The van der Waals surface area contributed by atoms with Crippen molar-refractivity contribution in [2.45, 2.75) is 37.5 Å². The number of nitrogens with zero attached hydrogens (tertiary/aromatic N) is 4. The molecule has 2 aromatic heterocycles. The zero-order valence-corrected chi connectivity index (χ0v) is 22.6. The maximum absolute atomic E-state index is 13.7. The molecule has 1 saturated heterocycles. The zero-order chi connectivity index (χ0) is 26.2. The molecule has 2 aromatic carbocycles. The summed E-state index contributed by atoms with van der Waals surface area (Å²) in [6, 6.07) is 17.0. The van der Waals surface area contributed by atoms with E-state index in [4.69, 9.17) is 16.3 Å². The van der Waals surface area contributed by atoms with Gasteiger partial charge >= 0.3 is 0 Å². The number of hydrogen-bond acceptors (Lipinski definition) is 7. The van der Waals surface area contributed by atoms with E-state index < -0.39 is 10.0 Å². The second-order valence-electron chi connectivity index (χ2n) is 8.90. The molecular formula is C26H25ClN4O4S2. The summed E-state index contributed by atoms with van der Waals surface area (Å²) in [5.74, 6) is -0.321. The minimum Gasteiger partial charge on any atom is -0.373 e. The lowest BCUT2D eigenvalue weighted by Crippen LogP contribution is -2.48. The zero-order valence-electron chi connectivity index (χ0n) is 20.2. The monoisotopic (exact) mass is 556 g/mol. The number of benzene rings is 2. The fraction of sp³-hybridized carbons (Fsp3) is 0.269. The topological polar surface area (TPSA) is 92.7 Å². The van der Waals surface area contributed by atoms with Crippen LogP contribution in [0.25, 0.3) is 10.2 Å². The summed E-state index contributed by atoms with van der Waals surface area (Å²) < 4.78 is 34.4. The van der Waals surface area contributed by atoms with Gasteiger partial charge < -0.3 is 4.74 Å². The molecule has 37 heavy (non-hydrogen) atoms. The molecule has 3 heterocycles. The number of sulfonamides is 1. The molecular weight excluding hydrogens is 532 g/mol. The van der Waals surface area contributed by atoms with Gasteiger partial charge in [-0.25, -0.2) is 13.4 Å². The lowest BCUT2D eigenvalue weighted by molar-refractivity contribution is -0.0440. The van der Waals surface area contributed by atoms with Crippen molar-refractivity contribution in [3.05, 3.63) is 83.1 Å². The second-order valence-corrected chi connectivity index (χ2v) is 12.3. The number of rotatable bonds is 6. The van der Waals surface area contributed by atoms with Gasteiger partial charge in [0, 0.05) is 24.8 Å². The highest BCUT2D eigenvalue weighted by molar-refractivity contribution is 7.89. The predicted molar refractivity (Wildman–Crippen MR) is 145 cm³/mol. The van der Waals surface area contributed by atoms with E-state index in [1.54, 1.807) is 12.3 Å². The van der Waals surface area contributed by atoms with Gasteiger partial charge in [-0.3, -0.25) is 14.7 Å². The van der Waals surface area contributed by atoms with Crippen LogP contribution in [-0.2, 0) is 21.3 Å². The Kier molecular flexibility index (Phi) is 7.28. The van der Waals surface area contributed by atoms with Gasteiger partial charge in [-0.1, -0.05) is 35.1 Å². The Labute approximate surface area is 224 Å². The van der Waals surface area contributed by atoms with Crippen molar-refractivity contribution in [3.8, 4) is 0 Å². The highest BCUT2D eigenvalue weighted by atomic mass is 35.5. The van der Waals surface area contributed by atoms with Gasteiger partial charge in [0.25, 0.3) is 5.91 Å². The third-order valence-electron chi connectivity index (χ3n) is 6.01. The summed E-state index contributed by atoms with van der Waals surface area (Å²) in [5.41, 5.74) is 1.65. The highest BCUT2D eigenvalue weighted by Gasteiger charge is 2.32. The van der Waals surface area contributed by atoms with Crippen LogP contribution in [-0.4, -0.2) is 53.9 Å². The first kappa shape index (κ1) is 25.7. The highest BCUT2D eigenvalue weighted by Crippen LogP contribution is 2.34. The van der Waals surface area contributed by atoms with E-state index in [1.165, 1.54) is 44.8 Å². The maximum atomic E-state index is 13.7. The van der Waals surface area contributed by atoms with Crippen molar-refractivity contribution < 1.29 is 17.9 Å². The normalized spacial score (nSPS) is 18.7. The van der Waals surface area contributed by atoms with Crippen molar-refractivity contribution in [1.82, 2.24) is 14.3 Å². The van der Waals surface area contributed by atoms with E-state index in [2.05, 4.69) is 9.97 Å². The van der Waals surface area contributed by atoms with Crippen LogP contribution >= 0.6 is 22.9 Å². The number of morpholine rings is 1. The Morgan fingerprint density at radius 1 is 1.08 bits per heavy atom. The van der Waals surface area contributed by atoms with Crippen molar-refractivity contribution >= 4 is 54.2 Å².